The quantitative estimate of drug-likeness (QED) is 0.416. The molecular formula is C20H11F3N10O. The fourth-order valence-corrected chi connectivity index (χ4v) is 3.39. The van der Waals surface area contributed by atoms with Crippen LogP contribution < -0.4 is 5.32 Å². The van der Waals surface area contributed by atoms with Gasteiger partial charge in [-0.25, -0.2) is 9.67 Å². The third-order valence-electron chi connectivity index (χ3n) is 4.82. The van der Waals surface area contributed by atoms with Crippen molar-refractivity contribution in [1.82, 2.24) is 40.0 Å². The van der Waals surface area contributed by atoms with E-state index in [9.17, 15) is 23.2 Å². The van der Waals surface area contributed by atoms with Gasteiger partial charge in [-0.1, -0.05) is 12.1 Å². The lowest BCUT2D eigenvalue weighted by Gasteiger charge is -2.13. The van der Waals surface area contributed by atoms with Crippen LogP contribution >= 0.6 is 0 Å². The normalized spacial score (nSPS) is 11.5. The van der Waals surface area contributed by atoms with Crippen LogP contribution in [0, 0.1) is 11.3 Å². The fourth-order valence-electron chi connectivity index (χ4n) is 3.39. The number of para-hydroxylation sites is 1. The van der Waals surface area contributed by atoms with Crippen molar-refractivity contribution in [1.29, 1.82) is 5.26 Å². The maximum atomic E-state index is 14.0. The third-order valence-corrected chi connectivity index (χ3v) is 4.82. The van der Waals surface area contributed by atoms with Crippen LogP contribution in [0.4, 0.5) is 18.9 Å². The number of halogens is 3. The molecule has 14 heteroatoms. The number of carbonyl (C=O) groups is 1. The van der Waals surface area contributed by atoms with Crippen molar-refractivity contribution >= 4 is 22.5 Å². The van der Waals surface area contributed by atoms with Crippen molar-refractivity contribution in [2.24, 2.45) is 0 Å². The van der Waals surface area contributed by atoms with Gasteiger partial charge in [0.1, 0.15) is 11.6 Å². The predicted molar refractivity (Wildman–Crippen MR) is 110 cm³/mol. The monoisotopic (exact) mass is 464 g/mol. The van der Waals surface area contributed by atoms with E-state index in [1.165, 1.54) is 36.9 Å². The number of aromatic nitrogens is 8. The maximum Gasteiger partial charge on any atom is 0.434 e. The molecule has 0 aliphatic carbocycles. The highest BCUT2D eigenvalue weighted by Gasteiger charge is 2.41. The summed E-state index contributed by atoms with van der Waals surface area (Å²) < 4.78 is 42.8. The van der Waals surface area contributed by atoms with Gasteiger partial charge in [0, 0.05) is 5.39 Å². The standard InChI is InChI=1S/C20H11F3N10O/c21-20(22,23)17-14(10-29-32(17)15-3-1-2-11-8-26-31-16(11)15)19(34)30-13-6-12(7-24)18(25-9-13)33-27-4-5-28-33/h1-6,8-10H,(H,26,31)(H,30,34). The molecule has 0 aliphatic rings. The molecule has 0 saturated heterocycles. The molecule has 0 fully saturated rings. The number of carbonyl (C=O) groups excluding carboxylic acids is 1. The molecule has 168 valence electrons. The molecule has 0 aliphatic heterocycles. The van der Waals surface area contributed by atoms with E-state index in [0.29, 0.717) is 15.6 Å². The largest absolute Gasteiger partial charge is 0.434 e. The summed E-state index contributed by atoms with van der Waals surface area (Å²) in [4.78, 5) is 18.0. The summed E-state index contributed by atoms with van der Waals surface area (Å²) in [5.74, 6) is -0.979. The van der Waals surface area contributed by atoms with Crippen LogP contribution in [-0.4, -0.2) is 45.9 Å². The number of nitrogens with zero attached hydrogens (tertiary/aromatic N) is 8. The number of anilines is 1. The number of benzene rings is 1. The van der Waals surface area contributed by atoms with Crippen LogP contribution in [0.15, 0.2) is 55.2 Å². The van der Waals surface area contributed by atoms with E-state index >= 15 is 0 Å². The summed E-state index contributed by atoms with van der Waals surface area (Å²) in [6.07, 6.45) is 1.34. The lowest BCUT2D eigenvalue weighted by atomic mass is 10.2. The van der Waals surface area contributed by atoms with Gasteiger partial charge in [0.25, 0.3) is 5.91 Å². The number of amides is 1. The van der Waals surface area contributed by atoms with Gasteiger partial charge in [0.2, 0.25) is 0 Å². The average molecular weight is 464 g/mol. The lowest BCUT2D eigenvalue weighted by Crippen LogP contribution is -2.21. The highest BCUT2D eigenvalue weighted by molar-refractivity contribution is 6.05. The van der Waals surface area contributed by atoms with Crippen LogP contribution in [-0.2, 0) is 6.18 Å². The van der Waals surface area contributed by atoms with Crippen LogP contribution in [0.3, 0.4) is 0 Å². The number of fused-ring (bicyclic) bond motifs is 1. The summed E-state index contributed by atoms with van der Waals surface area (Å²) >= 11 is 0. The molecule has 4 heterocycles. The molecule has 4 aromatic heterocycles. The molecule has 0 radical (unpaired) electrons. The van der Waals surface area contributed by atoms with Crippen molar-refractivity contribution in [3.05, 3.63) is 72.1 Å². The zero-order valence-electron chi connectivity index (χ0n) is 16.8. The summed E-state index contributed by atoms with van der Waals surface area (Å²) in [5.41, 5.74) is -1.56. The zero-order chi connectivity index (χ0) is 23.9. The predicted octanol–water partition coefficient (Wildman–Crippen LogP) is 2.87. The first-order valence-corrected chi connectivity index (χ1v) is 9.52. The van der Waals surface area contributed by atoms with Gasteiger partial charge < -0.3 is 5.32 Å². The first-order valence-electron chi connectivity index (χ1n) is 9.52. The van der Waals surface area contributed by atoms with Crippen LogP contribution in [0.1, 0.15) is 21.6 Å². The minimum atomic E-state index is -4.91. The molecule has 11 nitrogen and oxygen atoms in total. The molecule has 0 atom stereocenters. The van der Waals surface area contributed by atoms with Crippen molar-refractivity contribution < 1.29 is 18.0 Å². The van der Waals surface area contributed by atoms with Crippen molar-refractivity contribution in [2.45, 2.75) is 6.18 Å². The van der Waals surface area contributed by atoms with E-state index in [-0.39, 0.29) is 22.8 Å². The Morgan fingerprint density at radius 1 is 1.12 bits per heavy atom. The van der Waals surface area contributed by atoms with Crippen LogP contribution in [0.2, 0.25) is 0 Å². The summed E-state index contributed by atoms with van der Waals surface area (Å²) in [6.45, 7) is 0. The van der Waals surface area contributed by atoms with Gasteiger partial charge in [0.15, 0.2) is 11.5 Å². The van der Waals surface area contributed by atoms with E-state index in [4.69, 9.17) is 0 Å². The van der Waals surface area contributed by atoms with Gasteiger partial charge in [-0.15, -0.1) is 4.80 Å². The van der Waals surface area contributed by atoms with Gasteiger partial charge in [-0.2, -0.15) is 38.8 Å². The molecule has 0 saturated carbocycles. The van der Waals surface area contributed by atoms with Gasteiger partial charge in [0.05, 0.1) is 53.4 Å². The van der Waals surface area contributed by atoms with E-state index in [0.717, 1.165) is 11.0 Å². The fraction of sp³-hybridized carbons (Fsp3) is 0.0500. The Kier molecular flexibility index (Phi) is 4.79. The molecule has 0 spiro atoms. The zero-order valence-corrected chi connectivity index (χ0v) is 16.8. The number of hydrogen-bond acceptors (Lipinski definition) is 7. The number of hydrogen-bond donors (Lipinski definition) is 2. The minimum absolute atomic E-state index is 0.00617. The minimum Gasteiger partial charge on any atom is -0.320 e. The van der Waals surface area contributed by atoms with E-state index in [1.54, 1.807) is 12.1 Å². The van der Waals surface area contributed by atoms with Gasteiger partial charge in [-0.05, 0) is 12.1 Å². The van der Waals surface area contributed by atoms with Crippen molar-refractivity contribution in [3.63, 3.8) is 0 Å². The maximum absolute atomic E-state index is 14.0. The highest BCUT2D eigenvalue weighted by atomic mass is 19.4. The molecule has 34 heavy (non-hydrogen) atoms. The molecular weight excluding hydrogens is 453 g/mol. The van der Waals surface area contributed by atoms with Crippen LogP contribution in [0.25, 0.3) is 22.4 Å². The van der Waals surface area contributed by atoms with Gasteiger partial charge >= 0.3 is 6.18 Å². The Labute approximate surface area is 187 Å². The first kappa shape index (κ1) is 20.8. The molecule has 2 N–H and O–H groups in total. The number of alkyl halides is 3. The van der Waals surface area contributed by atoms with E-state index in [2.05, 4.69) is 35.8 Å². The number of aromatic amines is 1. The number of pyridine rings is 1. The average Bonchev–Trinajstić information content (AvgIpc) is 3.58. The van der Waals surface area contributed by atoms with Crippen molar-refractivity contribution in [2.75, 3.05) is 5.32 Å². The summed E-state index contributed by atoms with van der Waals surface area (Å²) in [5, 5.41) is 30.4. The topological polar surface area (TPSA) is 143 Å². The van der Waals surface area contributed by atoms with Crippen molar-refractivity contribution in [3.8, 4) is 17.6 Å². The lowest BCUT2D eigenvalue weighted by molar-refractivity contribution is -0.143. The van der Waals surface area contributed by atoms with Crippen LogP contribution in [0.5, 0.6) is 0 Å². The second-order valence-electron chi connectivity index (χ2n) is 6.91. The van der Waals surface area contributed by atoms with E-state index < -0.39 is 23.3 Å². The second kappa shape index (κ2) is 7.81. The second-order valence-corrected chi connectivity index (χ2v) is 6.91. The molecule has 1 amide bonds. The molecule has 0 unspecified atom stereocenters. The molecule has 1 aromatic carbocycles. The smallest absolute Gasteiger partial charge is 0.320 e. The Morgan fingerprint density at radius 2 is 1.91 bits per heavy atom. The SMILES string of the molecule is N#Cc1cc(NC(=O)c2cnn(-c3cccc4cn[nH]c34)c2C(F)(F)F)cnc1-n1nccn1. The Hall–Kier alpha value is -5.06. The van der Waals surface area contributed by atoms with E-state index in [1.807, 2.05) is 6.07 Å². The molecule has 5 rings (SSSR count). The highest BCUT2D eigenvalue weighted by Crippen LogP contribution is 2.35. The third kappa shape index (κ3) is 3.50. The number of rotatable bonds is 4. The summed E-state index contributed by atoms with van der Waals surface area (Å²) in [6, 6.07) is 7.81. The Morgan fingerprint density at radius 3 is 2.65 bits per heavy atom. The van der Waals surface area contributed by atoms with Gasteiger partial charge in [-0.3, -0.25) is 9.89 Å². The first-order chi connectivity index (χ1) is 16.4. The summed E-state index contributed by atoms with van der Waals surface area (Å²) in [7, 11) is 0. The molecule has 0 bridgehead atoms. The Balaban J connectivity index is 1.53. The number of nitriles is 1. The number of H-pyrrole nitrogens is 1. The Bertz CT molecular complexity index is 1560. The molecule has 5 aromatic rings. The number of nitrogens with one attached hydrogen (secondary N) is 2.